The van der Waals surface area contributed by atoms with Gasteiger partial charge in [-0.05, 0) is 12.8 Å². The van der Waals surface area contributed by atoms with Gasteiger partial charge >= 0.3 is 0 Å². The van der Waals surface area contributed by atoms with E-state index in [4.69, 9.17) is 0 Å². The van der Waals surface area contributed by atoms with E-state index in [1.165, 1.54) is 36.5 Å². The molecule has 1 aromatic heterocycles. The van der Waals surface area contributed by atoms with E-state index in [0.717, 1.165) is 17.7 Å². The number of alkyl halides is 1. The van der Waals surface area contributed by atoms with Crippen molar-refractivity contribution < 1.29 is 0 Å². The topological polar surface area (TPSA) is 29.0 Å². The Labute approximate surface area is 122 Å². The van der Waals surface area contributed by atoms with Crippen LogP contribution in [0, 0.1) is 0 Å². The van der Waals surface area contributed by atoms with E-state index >= 15 is 0 Å². The summed E-state index contributed by atoms with van der Waals surface area (Å²) >= 11 is 3.57. The van der Waals surface area contributed by atoms with Gasteiger partial charge in [-0.15, -0.1) is 5.10 Å². The van der Waals surface area contributed by atoms with E-state index in [-0.39, 0.29) is 0 Å². The number of anilines is 1. The van der Waals surface area contributed by atoms with Gasteiger partial charge < -0.3 is 4.90 Å². The summed E-state index contributed by atoms with van der Waals surface area (Å²) in [6, 6.07) is 9.01. The highest BCUT2D eigenvalue weighted by Gasteiger charge is 2.24. The number of halogens is 1. The number of aromatic nitrogens is 2. The average Bonchev–Trinajstić information content (AvgIpc) is 2.98. The molecule has 0 N–H and O–H groups in total. The minimum Gasteiger partial charge on any atom is -0.351 e. The van der Waals surface area contributed by atoms with Crippen LogP contribution in [0.3, 0.4) is 0 Å². The summed E-state index contributed by atoms with van der Waals surface area (Å²) in [5.41, 5.74) is 0. The summed E-state index contributed by atoms with van der Waals surface area (Å²) in [7, 11) is 0. The normalized spacial score (nSPS) is 16.1. The molecule has 0 atom stereocenters. The number of nitrogens with zero attached hydrogens (tertiary/aromatic N) is 3. The highest BCUT2D eigenvalue weighted by atomic mass is 79.9. The van der Waals surface area contributed by atoms with Crippen molar-refractivity contribution in [1.29, 1.82) is 0 Å². The lowest BCUT2D eigenvalue weighted by atomic mass is 10.1. The molecule has 0 spiro atoms. The van der Waals surface area contributed by atoms with Gasteiger partial charge in [0.15, 0.2) is 5.82 Å². The lowest BCUT2D eigenvalue weighted by molar-refractivity contribution is 0.614. The predicted octanol–water partition coefficient (Wildman–Crippen LogP) is 3.77. The molecular formula is C15H18BrN3. The molecule has 4 heteroatoms. The Morgan fingerprint density at radius 3 is 2.79 bits per heavy atom. The number of fused-ring (bicyclic) bond motifs is 1. The Kier molecular flexibility index (Phi) is 3.97. The molecule has 0 radical (unpaired) electrons. The fourth-order valence-corrected chi connectivity index (χ4v) is 3.38. The molecule has 1 aromatic carbocycles. The fraction of sp³-hybridized carbons (Fsp3) is 0.467. The zero-order valence-corrected chi connectivity index (χ0v) is 12.5. The standard InChI is InChI=1S/C15H18BrN3/c16-9-10-19(13-6-2-3-7-13)15-14-8-4-1-5-12(14)11-17-18-15/h1,4-5,8,11,13H,2-3,6-7,9-10H2. The summed E-state index contributed by atoms with van der Waals surface area (Å²) in [5.74, 6) is 1.05. The van der Waals surface area contributed by atoms with Crippen LogP contribution in [0.25, 0.3) is 10.8 Å². The Morgan fingerprint density at radius 1 is 1.21 bits per heavy atom. The summed E-state index contributed by atoms with van der Waals surface area (Å²) in [5, 5.41) is 12.0. The van der Waals surface area contributed by atoms with Gasteiger partial charge in [-0.2, -0.15) is 5.10 Å². The molecule has 0 amide bonds. The molecule has 19 heavy (non-hydrogen) atoms. The van der Waals surface area contributed by atoms with Gasteiger partial charge in [-0.3, -0.25) is 0 Å². The summed E-state index contributed by atoms with van der Waals surface area (Å²) in [6.45, 7) is 0.993. The van der Waals surface area contributed by atoms with E-state index in [1.54, 1.807) is 0 Å². The van der Waals surface area contributed by atoms with Crippen LogP contribution >= 0.6 is 15.9 Å². The second kappa shape index (κ2) is 5.87. The van der Waals surface area contributed by atoms with Crippen LogP contribution in [0.15, 0.2) is 30.5 Å². The number of benzene rings is 1. The van der Waals surface area contributed by atoms with Crippen molar-refractivity contribution in [1.82, 2.24) is 10.2 Å². The van der Waals surface area contributed by atoms with E-state index < -0.39 is 0 Å². The Bertz CT molecular complexity index is 547. The molecule has 1 aliphatic carbocycles. The minimum absolute atomic E-state index is 0.623. The molecule has 2 aromatic rings. The lowest BCUT2D eigenvalue weighted by Gasteiger charge is -2.29. The van der Waals surface area contributed by atoms with E-state index in [9.17, 15) is 0 Å². The SMILES string of the molecule is BrCCN(c1nncc2ccccc12)C1CCCC1. The molecule has 1 fully saturated rings. The van der Waals surface area contributed by atoms with Gasteiger partial charge in [-0.25, -0.2) is 0 Å². The highest BCUT2D eigenvalue weighted by molar-refractivity contribution is 9.09. The minimum atomic E-state index is 0.623. The second-order valence-corrected chi connectivity index (χ2v) is 5.87. The first-order valence-corrected chi connectivity index (χ1v) is 8.05. The van der Waals surface area contributed by atoms with Crippen molar-refractivity contribution in [3.8, 4) is 0 Å². The monoisotopic (exact) mass is 319 g/mol. The Hall–Kier alpha value is -1.16. The molecule has 0 aliphatic heterocycles. The summed E-state index contributed by atoms with van der Waals surface area (Å²) < 4.78 is 0. The van der Waals surface area contributed by atoms with Gasteiger partial charge in [0.1, 0.15) is 0 Å². The van der Waals surface area contributed by atoms with E-state index in [2.05, 4.69) is 55.3 Å². The number of rotatable bonds is 4. The third-order valence-electron chi connectivity index (χ3n) is 3.91. The van der Waals surface area contributed by atoms with Crippen molar-refractivity contribution in [3.05, 3.63) is 30.5 Å². The maximum atomic E-state index is 4.43. The third-order valence-corrected chi connectivity index (χ3v) is 4.27. The van der Waals surface area contributed by atoms with Crippen molar-refractivity contribution in [2.45, 2.75) is 31.7 Å². The van der Waals surface area contributed by atoms with Crippen molar-refractivity contribution in [3.63, 3.8) is 0 Å². The molecule has 0 saturated heterocycles. The van der Waals surface area contributed by atoms with Gasteiger partial charge in [0, 0.05) is 28.7 Å². The zero-order valence-electron chi connectivity index (χ0n) is 10.9. The van der Waals surface area contributed by atoms with Crippen LogP contribution in [0.4, 0.5) is 5.82 Å². The van der Waals surface area contributed by atoms with Gasteiger partial charge in [0.25, 0.3) is 0 Å². The van der Waals surface area contributed by atoms with Crippen LogP contribution in [0.5, 0.6) is 0 Å². The average molecular weight is 320 g/mol. The number of hydrogen-bond donors (Lipinski definition) is 0. The maximum absolute atomic E-state index is 4.43. The molecule has 0 bridgehead atoms. The van der Waals surface area contributed by atoms with Crippen molar-refractivity contribution in [2.75, 3.05) is 16.8 Å². The van der Waals surface area contributed by atoms with Gasteiger partial charge in [0.2, 0.25) is 0 Å². The first-order valence-electron chi connectivity index (χ1n) is 6.93. The first kappa shape index (κ1) is 12.9. The summed E-state index contributed by atoms with van der Waals surface area (Å²) in [6.07, 6.45) is 7.07. The Balaban J connectivity index is 2.03. The molecule has 1 saturated carbocycles. The quantitative estimate of drug-likeness (QED) is 0.803. The van der Waals surface area contributed by atoms with Crippen LogP contribution in [0.1, 0.15) is 25.7 Å². The molecule has 1 aliphatic rings. The highest BCUT2D eigenvalue weighted by Crippen LogP contribution is 2.30. The van der Waals surface area contributed by atoms with Crippen LogP contribution in [0.2, 0.25) is 0 Å². The molecule has 3 rings (SSSR count). The second-order valence-electron chi connectivity index (χ2n) is 5.08. The van der Waals surface area contributed by atoms with Crippen LogP contribution in [-0.2, 0) is 0 Å². The third kappa shape index (κ3) is 2.59. The molecule has 0 unspecified atom stereocenters. The largest absolute Gasteiger partial charge is 0.351 e. The first-order chi connectivity index (χ1) is 9.40. The van der Waals surface area contributed by atoms with Crippen LogP contribution < -0.4 is 4.90 Å². The number of hydrogen-bond acceptors (Lipinski definition) is 3. The van der Waals surface area contributed by atoms with Gasteiger partial charge in [0.05, 0.1) is 6.20 Å². The zero-order chi connectivity index (χ0) is 13.1. The molecule has 3 nitrogen and oxygen atoms in total. The summed E-state index contributed by atoms with van der Waals surface area (Å²) in [4.78, 5) is 2.44. The van der Waals surface area contributed by atoms with E-state index in [1.807, 2.05) is 6.20 Å². The molecular weight excluding hydrogens is 302 g/mol. The van der Waals surface area contributed by atoms with Crippen LogP contribution in [-0.4, -0.2) is 28.1 Å². The maximum Gasteiger partial charge on any atom is 0.159 e. The fourth-order valence-electron chi connectivity index (χ4n) is 2.99. The Morgan fingerprint density at radius 2 is 2.00 bits per heavy atom. The lowest BCUT2D eigenvalue weighted by Crippen LogP contribution is -2.35. The van der Waals surface area contributed by atoms with Crippen molar-refractivity contribution in [2.24, 2.45) is 0 Å². The molecule has 100 valence electrons. The smallest absolute Gasteiger partial charge is 0.159 e. The predicted molar refractivity (Wildman–Crippen MR) is 82.9 cm³/mol. The molecule has 1 heterocycles. The van der Waals surface area contributed by atoms with E-state index in [0.29, 0.717) is 6.04 Å². The van der Waals surface area contributed by atoms with Gasteiger partial charge in [-0.1, -0.05) is 53.0 Å². The van der Waals surface area contributed by atoms with Crippen molar-refractivity contribution >= 4 is 32.5 Å².